The van der Waals surface area contributed by atoms with Gasteiger partial charge in [0.1, 0.15) is 5.82 Å². The van der Waals surface area contributed by atoms with E-state index in [0.717, 1.165) is 41.0 Å². The zero-order valence-corrected chi connectivity index (χ0v) is 16.0. The maximum atomic E-state index is 11.6. The molecule has 1 aromatic carbocycles. The minimum Gasteiger partial charge on any atom is -0.476 e. The summed E-state index contributed by atoms with van der Waals surface area (Å²) in [4.78, 5) is 22.0. The van der Waals surface area contributed by atoms with Crippen LogP contribution in [0.5, 0.6) is 0 Å². The van der Waals surface area contributed by atoms with Gasteiger partial charge in [0.15, 0.2) is 5.69 Å². The third-order valence-electron chi connectivity index (χ3n) is 5.53. The van der Waals surface area contributed by atoms with Gasteiger partial charge in [0.05, 0.1) is 17.6 Å². The van der Waals surface area contributed by atoms with Crippen molar-refractivity contribution in [2.75, 3.05) is 7.05 Å². The van der Waals surface area contributed by atoms with Crippen LogP contribution in [-0.4, -0.2) is 48.8 Å². The van der Waals surface area contributed by atoms with Crippen molar-refractivity contribution in [1.82, 2.24) is 24.6 Å². The molecule has 0 aliphatic heterocycles. The number of carboxylic acids is 1. The van der Waals surface area contributed by atoms with E-state index in [1.807, 2.05) is 17.7 Å². The van der Waals surface area contributed by atoms with Gasteiger partial charge in [-0.25, -0.2) is 9.78 Å². The second kappa shape index (κ2) is 6.81. The van der Waals surface area contributed by atoms with E-state index in [1.165, 1.54) is 5.56 Å². The van der Waals surface area contributed by atoms with Gasteiger partial charge in [-0.15, -0.1) is 0 Å². The SMILES string of the molecule is CCn1nc(C(=O)O)c2c1CC[C@@H](N(C)Cc1nc3ccc(C)cc3[nH]1)C2. The highest BCUT2D eigenvalue weighted by atomic mass is 16.4. The van der Waals surface area contributed by atoms with E-state index in [4.69, 9.17) is 0 Å². The Kier molecular flexibility index (Phi) is 4.47. The molecule has 7 heteroatoms. The maximum absolute atomic E-state index is 11.6. The largest absolute Gasteiger partial charge is 0.476 e. The first kappa shape index (κ1) is 17.7. The van der Waals surface area contributed by atoms with Crippen LogP contribution in [0, 0.1) is 6.92 Å². The van der Waals surface area contributed by atoms with E-state index in [-0.39, 0.29) is 11.7 Å². The molecule has 1 atom stereocenters. The number of fused-ring (bicyclic) bond motifs is 2. The van der Waals surface area contributed by atoms with Gasteiger partial charge in [0.2, 0.25) is 0 Å². The van der Waals surface area contributed by atoms with Gasteiger partial charge in [0.25, 0.3) is 0 Å². The van der Waals surface area contributed by atoms with E-state index in [1.54, 1.807) is 0 Å². The lowest BCUT2D eigenvalue weighted by Gasteiger charge is -2.31. The van der Waals surface area contributed by atoms with Gasteiger partial charge < -0.3 is 10.1 Å². The van der Waals surface area contributed by atoms with Crippen LogP contribution in [0.25, 0.3) is 11.0 Å². The zero-order valence-electron chi connectivity index (χ0n) is 16.0. The molecule has 7 nitrogen and oxygen atoms in total. The fourth-order valence-corrected chi connectivity index (χ4v) is 4.10. The number of aromatic nitrogens is 4. The summed E-state index contributed by atoms with van der Waals surface area (Å²) in [6.45, 7) is 5.48. The molecule has 0 saturated heterocycles. The lowest BCUT2D eigenvalue weighted by molar-refractivity contribution is 0.0687. The number of hydrogen-bond donors (Lipinski definition) is 2. The number of nitrogens with one attached hydrogen (secondary N) is 1. The predicted molar refractivity (Wildman–Crippen MR) is 103 cm³/mol. The number of aromatic amines is 1. The molecule has 0 unspecified atom stereocenters. The molecule has 2 aromatic heterocycles. The molecule has 0 amide bonds. The topological polar surface area (TPSA) is 87.0 Å². The number of carboxylic acid groups (broad SMARTS) is 1. The molecule has 27 heavy (non-hydrogen) atoms. The van der Waals surface area contributed by atoms with Gasteiger partial charge in [0, 0.05) is 23.8 Å². The molecular formula is C20H25N5O2. The van der Waals surface area contributed by atoms with Crippen LogP contribution >= 0.6 is 0 Å². The molecule has 1 aliphatic carbocycles. The number of nitrogens with zero attached hydrogens (tertiary/aromatic N) is 4. The number of likely N-dealkylation sites (N-methyl/N-ethyl adjacent to an activating group) is 1. The molecule has 2 heterocycles. The third kappa shape index (κ3) is 3.23. The van der Waals surface area contributed by atoms with Crippen LogP contribution in [0.3, 0.4) is 0 Å². The van der Waals surface area contributed by atoms with Crippen LogP contribution in [0.2, 0.25) is 0 Å². The molecule has 0 radical (unpaired) electrons. The minimum absolute atomic E-state index is 0.212. The summed E-state index contributed by atoms with van der Waals surface area (Å²) in [7, 11) is 2.08. The number of carbonyl (C=O) groups is 1. The van der Waals surface area contributed by atoms with Crippen LogP contribution in [0.15, 0.2) is 18.2 Å². The first-order chi connectivity index (χ1) is 13.0. The highest BCUT2D eigenvalue weighted by molar-refractivity contribution is 5.87. The van der Waals surface area contributed by atoms with E-state index in [2.05, 4.69) is 46.1 Å². The molecule has 0 bridgehead atoms. The van der Waals surface area contributed by atoms with Crippen molar-refractivity contribution < 1.29 is 9.90 Å². The Morgan fingerprint density at radius 3 is 3.00 bits per heavy atom. The third-order valence-corrected chi connectivity index (χ3v) is 5.53. The Morgan fingerprint density at radius 2 is 2.26 bits per heavy atom. The number of aryl methyl sites for hydroxylation is 2. The lowest BCUT2D eigenvalue weighted by atomic mass is 9.90. The number of H-pyrrole nitrogens is 1. The average molecular weight is 367 g/mol. The van der Waals surface area contributed by atoms with Gasteiger partial charge in [-0.05, 0) is 57.9 Å². The minimum atomic E-state index is -0.936. The lowest BCUT2D eigenvalue weighted by Crippen LogP contribution is -2.36. The van der Waals surface area contributed by atoms with Gasteiger partial charge in [-0.3, -0.25) is 9.58 Å². The molecule has 2 N–H and O–H groups in total. The number of aromatic carboxylic acids is 1. The van der Waals surface area contributed by atoms with Crippen LogP contribution < -0.4 is 0 Å². The Hall–Kier alpha value is -2.67. The summed E-state index contributed by atoms with van der Waals surface area (Å²) < 4.78 is 1.84. The summed E-state index contributed by atoms with van der Waals surface area (Å²) in [5, 5.41) is 13.8. The molecule has 0 fully saturated rings. The summed E-state index contributed by atoms with van der Waals surface area (Å²) >= 11 is 0. The fraction of sp³-hybridized carbons (Fsp3) is 0.450. The second-order valence-corrected chi connectivity index (χ2v) is 7.41. The zero-order chi connectivity index (χ0) is 19.1. The standard InChI is InChI=1S/C20H25N5O2/c1-4-25-17-8-6-13(10-14(17)19(23-25)20(26)27)24(3)11-18-21-15-7-5-12(2)9-16(15)22-18/h5,7,9,13H,4,6,8,10-11H2,1-3H3,(H,21,22)(H,26,27)/t13-/m1/s1. The summed E-state index contributed by atoms with van der Waals surface area (Å²) in [6, 6.07) is 6.49. The Bertz CT molecular complexity index is 1000. The van der Waals surface area contributed by atoms with E-state index < -0.39 is 5.97 Å². The first-order valence-corrected chi connectivity index (χ1v) is 9.43. The maximum Gasteiger partial charge on any atom is 0.356 e. The van der Waals surface area contributed by atoms with Crippen LogP contribution in [0.4, 0.5) is 0 Å². The number of imidazole rings is 1. The van der Waals surface area contributed by atoms with Crippen molar-refractivity contribution in [3.8, 4) is 0 Å². The quantitative estimate of drug-likeness (QED) is 0.724. The predicted octanol–water partition coefficient (Wildman–Crippen LogP) is 2.78. The molecule has 3 aromatic rings. The van der Waals surface area contributed by atoms with Gasteiger partial charge >= 0.3 is 5.97 Å². The summed E-state index contributed by atoms with van der Waals surface area (Å²) in [5.41, 5.74) is 5.43. The fourth-order valence-electron chi connectivity index (χ4n) is 4.10. The van der Waals surface area contributed by atoms with Gasteiger partial charge in [-0.2, -0.15) is 5.10 Å². The first-order valence-electron chi connectivity index (χ1n) is 9.43. The Labute approximate surface area is 158 Å². The average Bonchev–Trinajstić information content (AvgIpc) is 3.21. The van der Waals surface area contributed by atoms with E-state index >= 15 is 0 Å². The highest BCUT2D eigenvalue weighted by Gasteiger charge is 2.30. The molecular weight excluding hydrogens is 342 g/mol. The summed E-state index contributed by atoms with van der Waals surface area (Å²) in [6.07, 6.45) is 2.57. The Morgan fingerprint density at radius 1 is 1.44 bits per heavy atom. The number of rotatable bonds is 5. The van der Waals surface area contributed by atoms with Crippen molar-refractivity contribution >= 4 is 17.0 Å². The molecule has 1 aliphatic rings. The highest BCUT2D eigenvalue weighted by Crippen LogP contribution is 2.28. The second-order valence-electron chi connectivity index (χ2n) is 7.41. The molecule has 0 saturated carbocycles. The van der Waals surface area contributed by atoms with Crippen molar-refractivity contribution in [2.24, 2.45) is 0 Å². The van der Waals surface area contributed by atoms with E-state index in [0.29, 0.717) is 19.5 Å². The van der Waals surface area contributed by atoms with Crippen LogP contribution in [0.1, 0.15) is 46.5 Å². The van der Waals surface area contributed by atoms with Gasteiger partial charge in [-0.1, -0.05) is 6.07 Å². The van der Waals surface area contributed by atoms with Crippen molar-refractivity contribution in [3.05, 3.63) is 46.5 Å². The summed E-state index contributed by atoms with van der Waals surface area (Å²) in [5.74, 6) is 0.000940. The van der Waals surface area contributed by atoms with E-state index in [9.17, 15) is 9.90 Å². The smallest absolute Gasteiger partial charge is 0.356 e. The Balaban J connectivity index is 1.54. The normalized spacial score (nSPS) is 16.8. The van der Waals surface area contributed by atoms with Crippen molar-refractivity contribution in [3.63, 3.8) is 0 Å². The number of hydrogen-bond acceptors (Lipinski definition) is 4. The molecule has 0 spiro atoms. The number of benzene rings is 1. The van der Waals surface area contributed by atoms with Crippen molar-refractivity contribution in [1.29, 1.82) is 0 Å². The van der Waals surface area contributed by atoms with Crippen LogP contribution in [-0.2, 0) is 25.9 Å². The van der Waals surface area contributed by atoms with Crippen molar-refractivity contribution in [2.45, 2.75) is 52.2 Å². The monoisotopic (exact) mass is 367 g/mol. The molecule has 4 rings (SSSR count). The molecule has 142 valence electrons.